The average molecular weight is 515 g/mol. The molecule has 2 aliphatic heterocycles. The number of pyridine rings is 1. The van der Waals surface area contributed by atoms with Crippen molar-refractivity contribution in [1.29, 1.82) is 5.26 Å². The van der Waals surface area contributed by atoms with Crippen LogP contribution in [-0.2, 0) is 35.5 Å². The first kappa shape index (κ1) is 25.3. The maximum Gasteiger partial charge on any atom is 0.418 e. The summed E-state index contributed by atoms with van der Waals surface area (Å²) in [7, 11) is 1.34. The second kappa shape index (κ2) is 10.5. The molecule has 0 spiro atoms. The van der Waals surface area contributed by atoms with Gasteiger partial charge in [0.15, 0.2) is 0 Å². The molecule has 4 heterocycles. The summed E-state index contributed by atoms with van der Waals surface area (Å²) < 4.78 is 8.54. The summed E-state index contributed by atoms with van der Waals surface area (Å²) in [6.45, 7) is 5.68. The van der Waals surface area contributed by atoms with Gasteiger partial charge in [-0.2, -0.15) is 5.26 Å². The van der Waals surface area contributed by atoms with E-state index in [1.54, 1.807) is 16.8 Å². The number of carbonyl (C=O) groups excluding carboxylic acids is 2. The van der Waals surface area contributed by atoms with Crippen molar-refractivity contribution >= 4 is 28.7 Å². The number of methoxy groups -OCH3 is 1. The number of anilines is 1. The van der Waals surface area contributed by atoms with Gasteiger partial charge in [-0.3, -0.25) is 14.5 Å². The number of allylic oxidation sites excluding steroid dienone is 1. The Morgan fingerprint density at radius 3 is 2.68 bits per heavy atom. The average Bonchev–Trinajstić information content (AvgIpc) is 3.29. The van der Waals surface area contributed by atoms with E-state index < -0.39 is 6.09 Å². The summed E-state index contributed by atoms with van der Waals surface area (Å²) in [5.41, 5.74) is 3.67. The van der Waals surface area contributed by atoms with Crippen molar-refractivity contribution in [1.82, 2.24) is 19.0 Å². The number of fused-ring (bicyclic) bond motifs is 3. The predicted molar refractivity (Wildman–Crippen MR) is 141 cm³/mol. The van der Waals surface area contributed by atoms with Crippen molar-refractivity contribution in [2.24, 2.45) is 5.92 Å². The van der Waals surface area contributed by atoms with Crippen LogP contribution in [0.1, 0.15) is 30.7 Å². The Morgan fingerprint density at radius 1 is 1.18 bits per heavy atom. The number of carbonyl (C=O) groups is 2. The molecule has 0 radical (unpaired) electrons. The number of piperidine rings is 1. The van der Waals surface area contributed by atoms with Gasteiger partial charge in [0.05, 0.1) is 29.9 Å². The Hall–Kier alpha value is -4.39. The molecule has 2 aliphatic rings. The third-order valence-corrected chi connectivity index (χ3v) is 7.46. The van der Waals surface area contributed by atoms with Gasteiger partial charge in [-0.1, -0.05) is 12.6 Å². The molecular weight excluding hydrogens is 484 g/mol. The number of aromatic nitrogens is 3. The minimum absolute atomic E-state index is 0.00750. The molecule has 2 amide bonds. The van der Waals surface area contributed by atoms with Gasteiger partial charge in [0.25, 0.3) is 5.56 Å². The van der Waals surface area contributed by atoms with E-state index in [9.17, 15) is 19.6 Å². The van der Waals surface area contributed by atoms with Crippen LogP contribution < -0.4 is 10.5 Å². The van der Waals surface area contributed by atoms with Gasteiger partial charge in [-0.05, 0) is 43.9 Å². The Balaban J connectivity index is 1.53. The van der Waals surface area contributed by atoms with E-state index in [1.807, 2.05) is 27.7 Å². The van der Waals surface area contributed by atoms with E-state index in [0.717, 1.165) is 16.6 Å². The first-order valence-corrected chi connectivity index (χ1v) is 12.8. The number of hydrogen-bond acceptors (Lipinski definition) is 6. The van der Waals surface area contributed by atoms with E-state index in [-0.39, 0.29) is 23.9 Å². The number of benzene rings is 1. The number of ether oxygens (including phenoxy) is 1. The lowest BCUT2D eigenvalue weighted by Crippen LogP contribution is -2.40. The summed E-state index contributed by atoms with van der Waals surface area (Å²) in [5, 5.41) is 9.20. The molecule has 0 saturated carbocycles. The summed E-state index contributed by atoms with van der Waals surface area (Å²) in [5.74, 6) is 0.659. The van der Waals surface area contributed by atoms with Gasteiger partial charge in [-0.25, -0.2) is 9.78 Å². The Morgan fingerprint density at radius 2 is 1.97 bits per heavy atom. The summed E-state index contributed by atoms with van der Waals surface area (Å²) in [6, 6.07) is 11.1. The zero-order valence-electron chi connectivity index (χ0n) is 21.4. The number of rotatable bonds is 5. The first-order chi connectivity index (χ1) is 18.4. The number of imidazole rings is 1. The van der Waals surface area contributed by atoms with Crippen LogP contribution in [0.4, 0.5) is 10.5 Å². The predicted octanol–water partition coefficient (Wildman–Crippen LogP) is 3.24. The van der Waals surface area contributed by atoms with Crippen molar-refractivity contribution in [3.05, 3.63) is 70.5 Å². The van der Waals surface area contributed by atoms with Gasteiger partial charge >= 0.3 is 6.09 Å². The highest BCUT2D eigenvalue weighted by Gasteiger charge is 2.30. The van der Waals surface area contributed by atoms with Crippen LogP contribution >= 0.6 is 0 Å². The second-order valence-corrected chi connectivity index (χ2v) is 9.68. The van der Waals surface area contributed by atoms with Crippen molar-refractivity contribution < 1.29 is 14.3 Å². The first-order valence-electron chi connectivity index (χ1n) is 12.8. The molecule has 38 heavy (non-hydrogen) atoms. The topological polar surface area (TPSA) is 113 Å². The largest absolute Gasteiger partial charge is 0.452 e. The fourth-order valence-electron chi connectivity index (χ4n) is 5.34. The highest BCUT2D eigenvalue weighted by Crippen LogP contribution is 2.37. The molecule has 0 N–H and O–H groups in total. The third kappa shape index (κ3) is 4.67. The number of amides is 2. The van der Waals surface area contributed by atoms with Crippen molar-refractivity contribution in [3.63, 3.8) is 0 Å². The van der Waals surface area contributed by atoms with Gasteiger partial charge in [0, 0.05) is 55.5 Å². The summed E-state index contributed by atoms with van der Waals surface area (Å²) in [4.78, 5) is 46.4. The molecule has 5 rings (SSSR count). The molecule has 2 aromatic heterocycles. The van der Waals surface area contributed by atoms with Crippen molar-refractivity contribution in [2.75, 3.05) is 25.1 Å². The van der Waals surface area contributed by atoms with Gasteiger partial charge in [0.2, 0.25) is 5.91 Å². The van der Waals surface area contributed by atoms with Crippen LogP contribution in [0.15, 0.2) is 53.6 Å². The van der Waals surface area contributed by atoms with E-state index in [2.05, 4.69) is 12.6 Å². The number of hydrogen-bond donors (Lipinski definition) is 0. The quantitative estimate of drug-likeness (QED) is 0.517. The van der Waals surface area contributed by atoms with Crippen molar-refractivity contribution in [2.45, 2.75) is 45.2 Å². The fourth-order valence-corrected chi connectivity index (χ4v) is 5.34. The maximum atomic E-state index is 13.4. The molecule has 0 unspecified atom stereocenters. The van der Waals surface area contributed by atoms with Crippen LogP contribution in [0.25, 0.3) is 11.0 Å². The molecule has 3 aromatic rings. The van der Waals surface area contributed by atoms with Crippen LogP contribution in [-0.4, -0.2) is 51.2 Å². The Kier molecular flexibility index (Phi) is 7.01. The fraction of sp³-hybridized carbons (Fsp3) is 0.393. The minimum Gasteiger partial charge on any atom is -0.452 e. The highest BCUT2D eigenvalue weighted by molar-refractivity contribution is 5.97. The molecule has 196 valence electrons. The standard InChI is InChI=1S/C28H30N6O4/c1-19-6-7-21-22(34(19)28(37)38-2)8-9-23-27(21)30-24(12-16-31-13-4-3-5-25(31)35)33(23)18-26(36)32-14-10-20(17-29)11-15-32/h3-5,8-9,13,20H,1,6-7,10-12,14-16,18H2,2H3. The maximum absolute atomic E-state index is 13.4. The zero-order chi connectivity index (χ0) is 26.8. The normalized spacial score (nSPS) is 15.8. The highest BCUT2D eigenvalue weighted by atomic mass is 16.5. The molecule has 0 aliphatic carbocycles. The molecule has 0 bridgehead atoms. The van der Waals surface area contributed by atoms with E-state index in [0.29, 0.717) is 68.9 Å². The van der Waals surface area contributed by atoms with Gasteiger partial charge in [-0.15, -0.1) is 0 Å². The lowest BCUT2D eigenvalue weighted by Gasteiger charge is -2.30. The Labute approximate surface area is 220 Å². The van der Waals surface area contributed by atoms with Crippen LogP contribution in [0.3, 0.4) is 0 Å². The monoisotopic (exact) mass is 514 g/mol. The number of nitrogens with zero attached hydrogens (tertiary/aromatic N) is 6. The number of aryl methyl sites for hydroxylation is 3. The van der Waals surface area contributed by atoms with E-state index >= 15 is 0 Å². The summed E-state index contributed by atoms with van der Waals surface area (Å²) in [6.07, 6.45) is 4.27. The smallest absolute Gasteiger partial charge is 0.418 e. The SMILES string of the molecule is C=C1CCc2c(ccc3c2nc(CCn2ccccc2=O)n3CC(=O)N2CCC(C#N)CC2)N1C(=O)OC. The molecule has 10 nitrogen and oxygen atoms in total. The Bertz CT molecular complexity index is 1510. The number of likely N-dealkylation sites (tertiary alicyclic amines) is 1. The molecule has 0 atom stereocenters. The number of nitriles is 1. The summed E-state index contributed by atoms with van der Waals surface area (Å²) >= 11 is 0. The third-order valence-electron chi connectivity index (χ3n) is 7.46. The van der Waals surface area contributed by atoms with Gasteiger partial charge in [0.1, 0.15) is 12.4 Å². The molecule has 10 heteroatoms. The van der Waals surface area contributed by atoms with Crippen LogP contribution in [0.5, 0.6) is 0 Å². The lowest BCUT2D eigenvalue weighted by molar-refractivity contribution is -0.133. The van der Waals surface area contributed by atoms with E-state index in [1.165, 1.54) is 18.1 Å². The lowest BCUT2D eigenvalue weighted by atomic mass is 9.98. The molecular formula is C28H30N6O4. The van der Waals surface area contributed by atoms with Crippen molar-refractivity contribution in [3.8, 4) is 6.07 Å². The zero-order valence-corrected chi connectivity index (χ0v) is 21.4. The molecule has 1 aromatic carbocycles. The molecule has 1 fully saturated rings. The van der Waals surface area contributed by atoms with E-state index in [4.69, 9.17) is 9.72 Å². The van der Waals surface area contributed by atoms with Gasteiger partial charge < -0.3 is 18.8 Å². The second-order valence-electron chi connectivity index (χ2n) is 9.68. The minimum atomic E-state index is -0.505. The van der Waals surface area contributed by atoms with Crippen LogP contribution in [0, 0.1) is 17.2 Å². The van der Waals surface area contributed by atoms with Crippen LogP contribution in [0.2, 0.25) is 0 Å². The molecule has 1 saturated heterocycles.